The number of esters is 1. The molecule has 1 fully saturated rings. The molecule has 1 aliphatic rings. The summed E-state index contributed by atoms with van der Waals surface area (Å²) in [5.41, 5.74) is 2.88. The molecule has 0 aliphatic carbocycles. The summed E-state index contributed by atoms with van der Waals surface area (Å²) in [5.74, 6) is -0.288. The number of rotatable bonds is 2. The first-order valence-electron chi connectivity index (χ1n) is 7.26. The standard InChI is InChI=1S/C16H21N3O2/c1-11-9-19(7-6-17-11)12-4-5-13-14(16(20)21-3)10-18(2)15(13)8-12/h4-5,8,10-11,17H,6-7,9H2,1-3H3. The molecule has 3 rings (SSSR count). The van der Waals surface area contributed by atoms with E-state index >= 15 is 0 Å². The average Bonchev–Trinajstić information content (AvgIpc) is 2.83. The number of hydrogen-bond acceptors (Lipinski definition) is 4. The van der Waals surface area contributed by atoms with Crippen LogP contribution < -0.4 is 10.2 Å². The van der Waals surface area contributed by atoms with Gasteiger partial charge in [-0.1, -0.05) is 0 Å². The number of nitrogens with one attached hydrogen (secondary N) is 1. The molecule has 1 aromatic carbocycles. The fourth-order valence-corrected chi connectivity index (χ4v) is 3.01. The van der Waals surface area contributed by atoms with Crippen LogP contribution in [0.4, 0.5) is 5.69 Å². The maximum Gasteiger partial charge on any atom is 0.340 e. The van der Waals surface area contributed by atoms with E-state index in [0.717, 1.165) is 30.5 Å². The Kier molecular flexibility index (Phi) is 3.59. The second-order valence-electron chi connectivity index (χ2n) is 5.65. The predicted octanol–water partition coefficient (Wildman–Crippen LogP) is 1.76. The molecular formula is C16H21N3O2. The lowest BCUT2D eigenvalue weighted by Crippen LogP contribution is -2.49. The summed E-state index contributed by atoms with van der Waals surface area (Å²) in [6.45, 7) is 5.20. The van der Waals surface area contributed by atoms with Crippen LogP contribution in [0.3, 0.4) is 0 Å². The van der Waals surface area contributed by atoms with Gasteiger partial charge in [-0.2, -0.15) is 0 Å². The maximum absolute atomic E-state index is 11.8. The van der Waals surface area contributed by atoms with Crippen LogP contribution in [0, 0.1) is 0 Å². The zero-order chi connectivity index (χ0) is 15.0. The van der Waals surface area contributed by atoms with Gasteiger partial charge in [-0.25, -0.2) is 4.79 Å². The van der Waals surface area contributed by atoms with E-state index in [9.17, 15) is 4.79 Å². The molecule has 5 nitrogen and oxygen atoms in total. The third kappa shape index (κ3) is 2.49. The van der Waals surface area contributed by atoms with Gasteiger partial charge in [0, 0.05) is 50.0 Å². The summed E-state index contributed by atoms with van der Waals surface area (Å²) in [4.78, 5) is 14.2. The van der Waals surface area contributed by atoms with Crippen LogP contribution in [0.1, 0.15) is 17.3 Å². The van der Waals surface area contributed by atoms with Crippen molar-refractivity contribution in [2.45, 2.75) is 13.0 Å². The lowest BCUT2D eigenvalue weighted by Gasteiger charge is -2.33. The van der Waals surface area contributed by atoms with Crippen molar-refractivity contribution in [3.05, 3.63) is 30.0 Å². The Bertz CT molecular complexity index is 677. The molecule has 112 valence electrons. The molecule has 21 heavy (non-hydrogen) atoms. The fourth-order valence-electron chi connectivity index (χ4n) is 3.01. The third-order valence-electron chi connectivity index (χ3n) is 4.11. The molecular weight excluding hydrogens is 266 g/mol. The van der Waals surface area contributed by atoms with Crippen LogP contribution in [0.25, 0.3) is 10.9 Å². The number of benzene rings is 1. The van der Waals surface area contributed by atoms with E-state index in [2.05, 4.69) is 29.3 Å². The zero-order valence-electron chi connectivity index (χ0n) is 12.7. The van der Waals surface area contributed by atoms with Crippen LogP contribution in [0.5, 0.6) is 0 Å². The smallest absolute Gasteiger partial charge is 0.340 e. The lowest BCUT2D eigenvalue weighted by atomic mass is 10.1. The first kappa shape index (κ1) is 13.9. The van der Waals surface area contributed by atoms with E-state index in [-0.39, 0.29) is 5.97 Å². The van der Waals surface area contributed by atoms with Crippen LogP contribution in [-0.4, -0.2) is 43.3 Å². The number of aromatic nitrogens is 1. The van der Waals surface area contributed by atoms with Crippen LogP contribution in [0.2, 0.25) is 0 Å². The number of methoxy groups -OCH3 is 1. The third-order valence-corrected chi connectivity index (χ3v) is 4.11. The minimum atomic E-state index is -0.288. The highest BCUT2D eigenvalue weighted by atomic mass is 16.5. The molecule has 5 heteroatoms. The summed E-state index contributed by atoms with van der Waals surface area (Å²) in [6, 6.07) is 6.75. The summed E-state index contributed by atoms with van der Waals surface area (Å²) in [6.07, 6.45) is 1.83. The largest absolute Gasteiger partial charge is 0.465 e. The minimum absolute atomic E-state index is 0.288. The van der Waals surface area contributed by atoms with Crippen molar-refractivity contribution in [2.24, 2.45) is 7.05 Å². The molecule has 1 aromatic heterocycles. The van der Waals surface area contributed by atoms with Gasteiger partial charge in [0.25, 0.3) is 0 Å². The summed E-state index contributed by atoms with van der Waals surface area (Å²) < 4.78 is 6.83. The van der Waals surface area contributed by atoms with Gasteiger partial charge in [0.2, 0.25) is 0 Å². The highest BCUT2D eigenvalue weighted by Gasteiger charge is 2.18. The lowest BCUT2D eigenvalue weighted by molar-refractivity contribution is 0.0603. The Labute approximate surface area is 124 Å². The Morgan fingerprint density at radius 2 is 2.24 bits per heavy atom. The number of hydrogen-bond donors (Lipinski definition) is 1. The quantitative estimate of drug-likeness (QED) is 0.855. The number of anilines is 1. The number of ether oxygens (including phenoxy) is 1. The average molecular weight is 287 g/mol. The molecule has 1 saturated heterocycles. The number of carbonyl (C=O) groups is 1. The Morgan fingerprint density at radius 3 is 2.95 bits per heavy atom. The maximum atomic E-state index is 11.8. The molecule has 2 heterocycles. The number of carbonyl (C=O) groups excluding carboxylic acids is 1. The van der Waals surface area contributed by atoms with Gasteiger partial charge in [0.1, 0.15) is 0 Å². The summed E-state index contributed by atoms with van der Waals surface area (Å²) >= 11 is 0. The first-order valence-corrected chi connectivity index (χ1v) is 7.26. The van der Waals surface area contributed by atoms with Crippen molar-refractivity contribution >= 4 is 22.6 Å². The monoisotopic (exact) mass is 287 g/mol. The number of piperazine rings is 1. The van der Waals surface area contributed by atoms with E-state index in [4.69, 9.17) is 4.74 Å². The van der Waals surface area contributed by atoms with Crippen molar-refractivity contribution in [1.82, 2.24) is 9.88 Å². The molecule has 1 aliphatic heterocycles. The molecule has 0 bridgehead atoms. The van der Waals surface area contributed by atoms with E-state index in [1.165, 1.54) is 12.8 Å². The van der Waals surface area contributed by atoms with E-state index in [0.29, 0.717) is 11.6 Å². The van der Waals surface area contributed by atoms with Crippen molar-refractivity contribution in [2.75, 3.05) is 31.6 Å². The second kappa shape index (κ2) is 5.41. The van der Waals surface area contributed by atoms with Crippen molar-refractivity contribution in [3.8, 4) is 0 Å². The fraction of sp³-hybridized carbons (Fsp3) is 0.438. The Balaban J connectivity index is 2.00. The number of fused-ring (bicyclic) bond motifs is 1. The van der Waals surface area contributed by atoms with Gasteiger partial charge in [-0.15, -0.1) is 0 Å². The van der Waals surface area contributed by atoms with Gasteiger partial charge < -0.3 is 19.5 Å². The number of aryl methyl sites for hydroxylation is 1. The van der Waals surface area contributed by atoms with Crippen molar-refractivity contribution in [3.63, 3.8) is 0 Å². The Hall–Kier alpha value is -2.01. The first-order chi connectivity index (χ1) is 10.1. The molecule has 0 amide bonds. The number of nitrogens with zero attached hydrogens (tertiary/aromatic N) is 2. The van der Waals surface area contributed by atoms with E-state index in [1.54, 1.807) is 0 Å². The highest BCUT2D eigenvalue weighted by Crippen LogP contribution is 2.27. The van der Waals surface area contributed by atoms with Crippen LogP contribution in [-0.2, 0) is 11.8 Å². The Morgan fingerprint density at radius 1 is 1.43 bits per heavy atom. The van der Waals surface area contributed by atoms with Gasteiger partial charge in [0.05, 0.1) is 18.2 Å². The molecule has 1 unspecified atom stereocenters. The molecule has 0 spiro atoms. The predicted molar refractivity (Wildman–Crippen MR) is 83.9 cm³/mol. The van der Waals surface area contributed by atoms with Gasteiger partial charge >= 0.3 is 5.97 Å². The molecule has 1 atom stereocenters. The van der Waals surface area contributed by atoms with Crippen molar-refractivity contribution in [1.29, 1.82) is 0 Å². The van der Waals surface area contributed by atoms with Crippen LogP contribution in [0.15, 0.2) is 24.4 Å². The SMILES string of the molecule is COC(=O)c1cn(C)c2cc(N3CCNC(C)C3)ccc12. The minimum Gasteiger partial charge on any atom is -0.465 e. The molecule has 1 N–H and O–H groups in total. The summed E-state index contributed by atoms with van der Waals surface area (Å²) in [5, 5.41) is 4.39. The zero-order valence-corrected chi connectivity index (χ0v) is 12.7. The molecule has 2 aromatic rings. The highest BCUT2D eigenvalue weighted by molar-refractivity contribution is 6.05. The molecule has 0 radical (unpaired) electrons. The van der Waals surface area contributed by atoms with E-state index in [1.807, 2.05) is 23.9 Å². The topological polar surface area (TPSA) is 46.5 Å². The van der Waals surface area contributed by atoms with Gasteiger partial charge in [0.15, 0.2) is 0 Å². The van der Waals surface area contributed by atoms with Gasteiger partial charge in [-0.3, -0.25) is 0 Å². The normalized spacial score (nSPS) is 19.0. The van der Waals surface area contributed by atoms with Crippen molar-refractivity contribution < 1.29 is 9.53 Å². The summed E-state index contributed by atoms with van der Waals surface area (Å²) in [7, 11) is 3.37. The second-order valence-corrected chi connectivity index (χ2v) is 5.65. The van der Waals surface area contributed by atoms with Crippen LogP contribution >= 0.6 is 0 Å². The molecule has 0 saturated carbocycles. The van der Waals surface area contributed by atoms with E-state index < -0.39 is 0 Å². The van der Waals surface area contributed by atoms with Gasteiger partial charge in [-0.05, 0) is 25.1 Å².